The average Bonchev–Trinajstić information content (AvgIpc) is 2.27. The quantitative estimate of drug-likeness (QED) is 0.598. The number of pyridine rings is 1. The lowest BCUT2D eigenvalue weighted by Gasteiger charge is -2.08. The standard InChI is InChI=1S/C10H11F3NO3/c1-3-17-9(15)7-5-4-6-14(16-2)8(7)10(11,12)13/h4-6H,3H2,1-2H3/q+1. The predicted molar refractivity (Wildman–Crippen MR) is 50.1 cm³/mol. The third-order valence-corrected chi connectivity index (χ3v) is 1.92. The molecule has 0 aliphatic heterocycles. The molecule has 1 rings (SSSR count). The lowest BCUT2D eigenvalue weighted by Crippen LogP contribution is -2.48. The monoisotopic (exact) mass is 250 g/mol. The maximum atomic E-state index is 12.8. The lowest BCUT2D eigenvalue weighted by atomic mass is 10.2. The number of aromatic nitrogens is 1. The van der Waals surface area contributed by atoms with Gasteiger partial charge in [-0.1, -0.05) is 0 Å². The van der Waals surface area contributed by atoms with Crippen LogP contribution in [0.4, 0.5) is 13.2 Å². The van der Waals surface area contributed by atoms with Crippen LogP contribution in [0.2, 0.25) is 0 Å². The maximum Gasteiger partial charge on any atom is 0.483 e. The van der Waals surface area contributed by atoms with Crippen LogP contribution < -0.4 is 9.57 Å². The fourth-order valence-corrected chi connectivity index (χ4v) is 1.29. The van der Waals surface area contributed by atoms with E-state index in [4.69, 9.17) is 0 Å². The molecule has 0 aliphatic rings. The van der Waals surface area contributed by atoms with Crippen molar-refractivity contribution in [3.63, 3.8) is 0 Å². The van der Waals surface area contributed by atoms with E-state index in [1.807, 2.05) is 0 Å². The number of esters is 1. The zero-order chi connectivity index (χ0) is 13.1. The van der Waals surface area contributed by atoms with Crippen molar-refractivity contribution in [1.82, 2.24) is 0 Å². The molecule has 4 nitrogen and oxygen atoms in total. The number of ether oxygens (including phenoxy) is 1. The molecule has 0 saturated carbocycles. The van der Waals surface area contributed by atoms with Crippen LogP contribution in [0, 0.1) is 0 Å². The summed E-state index contributed by atoms with van der Waals surface area (Å²) in [7, 11) is 1.07. The van der Waals surface area contributed by atoms with E-state index in [1.54, 1.807) is 0 Å². The van der Waals surface area contributed by atoms with Gasteiger partial charge in [-0.2, -0.15) is 13.2 Å². The van der Waals surface area contributed by atoms with Crippen LogP contribution >= 0.6 is 0 Å². The van der Waals surface area contributed by atoms with Gasteiger partial charge >= 0.3 is 17.8 Å². The first-order valence-electron chi connectivity index (χ1n) is 4.75. The highest BCUT2D eigenvalue weighted by Crippen LogP contribution is 2.29. The maximum absolute atomic E-state index is 12.8. The van der Waals surface area contributed by atoms with Gasteiger partial charge in [0.1, 0.15) is 12.7 Å². The molecule has 0 N–H and O–H groups in total. The molecule has 0 aromatic carbocycles. The van der Waals surface area contributed by atoms with Gasteiger partial charge in [-0.3, -0.25) is 4.84 Å². The number of carbonyl (C=O) groups is 1. The summed E-state index contributed by atoms with van der Waals surface area (Å²) >= 11 is 0. The van der Waals surface area contributed by atoms with Crippen LogP contribution in [0.25, 0.3) is 0 Å². The molecule has 94 valence electrons. The van der Waals surface area contributed by atoms with Gasteiger partial charge in [0.2, 0.25) is 6.20 Å². The lowest BCUT2D eigenvalue weighted by molar-refractivity contribution is -0.896. The zero-order valence-electron chi connectivity index (χ0n) is 9.25. The Morgan fingerprint density at radius 2 is 2.12 bits per heavy atom. The van der Waals surface area contributed by atoms with Gasteiger partial charge in [-0.15, -0.1) is 0 Å². The van der Waals surface area contributed by atoms with Crippen molar-refractivity contribution in [2.45, 2.75) is 13.1 Å². The fourth-order valence-electron chi connectivity index (χ4n) is 1.29. The highest BCUT2D eigenvalue weighted by Gasteiger charge is 2.47. The molecule has 0 amide bonds. The molecule has 1 aromatic rings. The van der Waals surface area contributed by atoms with Gasteiger partial charge in [-0.05, 0) is 13.0 Å². The molecule has 1 aromatic heterocycles. The minimum Gasteiger partial charge on any atom is -0.462 e. The van der Waals surface area contributed by atoms with Crippen LogP contribution in [0.1, 0.15) is 23.0 Å². The Hall–Kier alpha value is -1.79. The van der Waals surface area contributed by atoms with Gasteiger partial charge in [0, 0.05) is 10.8 Å². The number of rotatable bonds is 3. The van der Waals surface area contributed by atoms with Gasteiger partial charge < -0.3 is 4.74 Å². The molecule has 0 bridgehead atoms. The molecule has 17 heavy (non-hydrogen) atoms. The second kappa shape index (κ2) is 5.03. The largest absolute Gasteiger partial charge is 0.483 e. The van der Waals surface area contributed by atoms with Crippen molar-refractivity contribution in [3.8, 4) is 0 Å². The summed E-state index contributed by atoms with van der Waals surface area (Å²) in [6.45, 7) is 1.51. The van der Waals surface area contributed by atoms with E-state index in [2.05, 4.69) is 9.57 Å². The molecule has 1 heterocycles. The van der Waals surface area contributed by atoms with E-state index in [0.717, 1.165) is 19.4 Å². The number of hydrogen-bond acceptors (Lipinski definition) is 3. The van der Waals surface area contributed by atoms with Crippen LogP contribution in [0.15, 0.2) is 18.3 Å². The van der Waals surface area contributed by atoms with E-state index in [0.29, 0.717) is 4.73 Å². The van der Waals surface area contributed by atoms with E-state index in [-0.39, 0.29) is 6.61 Å². The molecular formula is C10H11F3NO3+. The number of alkyl halides is 3. The Morgan fingerprint density at radius 1 is 1.47 bits per heavy atom. The van der Waals surface area contributed by atoms with Gasteiger partial charge in [0.05, 0.1) is 6.61 Å². The molecule has 0 fully saturated rings. The third kappa shape index (κ3) is 2.86. The number of carbonyl (C=O) groups excluding carboxylic acids is 1. The molecule has 0 atom stereocenters. The van der Waals surface area contributed by atoms with Crippen LogP contribution in [-0.4, -0.2) is 19.7 Å². The minimum absolute atomic E-state index is 0.00198. The minimum atomic E-state index is -4.71. The Bertz CT molecular complexity index is 418. The van der Waals surface area contributed by atoms with Gasteiger partial charge in [0.15, 0.2) is 0 Å². The van der Waals surface area contributed by atoms with Crippen LogP contribution in [0.3, 0.4) is 0 Å². The van der Waals surface area contributed by atoms with Crippen molar-refractivity contribution >= 4 is 5.97 Å². The Balaban J connectivity index is 3.35. The van der Waals surface area contributed by atoms with Crippen molar-refractivity contribution in [1.29, 1.82) is 0 Å². The predicted octanol–water partition coefficient (Wildman–Crippen LogP) is 1.23. The summed E-state index contributed by atoms with van der Waals surface area (Å²) in [4.78, 5) is 15.9. The summed E-state index contributed by atoms with van der Waals surface area (Å²) in [6.07, 6.45) is -3.65. The number of nitrogens with zero attached hydrogens (tertiary/aromatic N) is 1. The van der Waals surface area contributed by atoms with Crippen molar-refractivity contribution in [3.05, 3.63) is 29.6 Å². The zero-order valence-corrected chi connectivity index (χ0v) is 9.25. The molecule has 0 radical (unpaired) electrons. The van der Waals surface area contributed by atoms with Crippen molar-refractivity contribution in [2.24, 2.45) is 0 Å². The first-order valence-corrected chi connectivity index (χ1v) is 4.75. The topological polar surface area (TPSA) is 39.4 Å². The van der Waals surface area contributed by atoms with E-state index >= 15 is 0 Å². The fraction of sp³-hybridized carbons (Fsp3) is 0.400. The van der Waals surface area contributed by atoms with Gasteiger partial charge in [-0.25, -0.2) is 4.79 Å². The summed E-state index contributed by atoms with van der Waals surface area (Å²) < 4.78 is 43.4. The Labute approximate surface area is 95.5 Å². The van der Waals surface area contributed by atoms with Crippen LogP contribution in [0.5, 0.6) is 0 Å². The summed E-state index contributed by atoms with van der Waals surface area (Å²) in [5.41, 5.74) is -1.77. The molecule has 0 unspecified atom stereocenters. The Morgan fingerprint density at radius 3 is 2.59 bits per heavy atom. The molecule has 0 aliphatic carbocycles. The van der Waals surface area contributed by atoms with Crippen molar-refractivity contribution < 1.29 is 32.3 Å². The smallest absolute Gasteiger partial charge is 0.462 e. The normalized spacial score (nSPS) is 11.1. The summed E-state index contributed by atoms with van der Waals surface area (Å²) in [5, 5.41) is 0. The molecular weight excluding hydrogens is 239 g/mol. The van der Waals surface area contributed by atoms with E-state index in [9.17, 15) is 18.0 Å². The van der Waals surface area contributed by atoms with Crippen LogP contribution in [-0.2, 0) is 10.9 Å². The van der Waals surface area contributed by atoms with E-state index in [1.165, 1.54) is 13.0 Å². The highest BCUT2D eigenvalue weighted by molar-refractivity contribution is 5.90. The number of hydrogen-bond donors (Lipinski definition) is 0. The Kier molecular flexibility index (Phi) is 3.93. The first kappa shape index (κ1) is 13.3. The third-order valence-electron chi connectivity index (χ3n) is 1.92. The van der Waals surface area contributed by atoms with Crippen molar-refractivity contribution in [2.75, 3.05) is 13.7 Å². The highest BCUT2D eigenvalue weighted by atomic mass is 19.4. The van der Waals surface area contributed by atoms with Gasteiger partial charge in [0.25, 0.3) is 0 Å². The second-order valence-corrected chi connectivity index (χ2v) is 3.00. The average molecular weight is 250 g/mol. The molecule has 7 heteroatoms. The summed E-state index contributed by atoms with van der Waals surface area (Å²) in [5.74, 6) is -1.04. The molecule has 0 spiro atoms. The number of halogens is 3. The van der Waals surface area contributed by atoms with E-state index < -0.39 is 23.4 Å². The summed E-state index contributed by atoms with van der Waals surface area (Å²) in [6, 6.07) is 2.31. The molecule has 0 saturated heterocycles. The second-order valence-electron chi connectivity index (χ2n) is 3.00. The first-order chi connectivity index (χ1) is 7.91. The SMILES string of the molecule is CCOC(=O)c1ccc[n+](OC)c1C(F)(F)F.